The van der Waals surface area contributed by atoms with E-state index in [9.17, 15) is 4.39 Å². The lowest BCUT2D eigenvalue weighted by atomic mass is 10.0. The van der Waals surface area contributed by atoms with E-state index in [1.165, 1.54) is 16.3 Å². The molecule has 0 saturated carbocycles. The van der Waals surface area contributed by atoms with E-state index >= 15 is 0 Å². The highest BCUT2D eigenvalue weighted by Gasteiger charge is 2.16. The molecule has 1 aliphatic rings. The van der Waals surface area contributed by atoms with E-state index in [1.54, 1.807) is 12.1 Å². The van der Waals surface area contributed by atoms with E-state index in [2.05, 4.69) is 31.6 Å². The average molecular weight is 310 g/mol. The van der Waals surface area contributed by atoms with E-state index in [1.807, 2.05) is 18.2 Å². The highest BCUT2D eigenvalue weighted by molar-refractivity contribution is 5.54. The van der Waals surface area contributed by atoms with Gasteiger partial charge in [0, 0.05) is 13.1 Å². The van der Waals surface area contributed by atoms with Crippen molar-refractivity contribution < 1.29 is 4.39 Å². The normalized spacial score (nSPS) is 15.2. The van der Waals surface area contributed by atoms with Crippen LogP contribution in [-0.2, 0) is 0 Å². The van der Waals surface area contributed by atoms with Crippen molar-refractivity contribution in [2.75, 3.05) is 18.0 Å². The lowest BCUT2D eigenvalue weighted by Gasteiger charge is -2.29. The number of halogens is 1. The molecule has 0 spiro atoms. The van der Waals surface area contributed by atoms with Gasteiger partial charge in [-0.25, -0.2) is 4.39 Å². The molecule has 6 nitrogen and oxygen atoms in total. The number of hydrogen-bond acceptors (Lipinski definition) is 5. The Morgan fingerprint density at radius 3 is 2.78 bits per heavy atom. The molecule has 3 aromatic rings. The van der Waals surface area contributed by atoms with Crippen molar-refractivity contribution in [3.63, 3.8) is 0 Å². The van der Waals surface area contributed by atoms with Crippen LogP contribution in [-0.4, -0.2) is 38.3 Å². The number of fused-ring (bicyclic) bond motifs is 1. The summed E-state index contributed by atoms with van der Waals surface area (Å²) in [4.78, 5) is 2.21. The van der Waals surface area contributed by atoms with Crippen LogP contribution in [0.25, 0.3) is 11.7 Å². The molecule has 0 unspecified atom stereocenters. The van der Waals surface area contributed by atoms with E-state index in [4.69, 9.17) is 0 Å². The Hall–Kier alpha value is -2.83. The maximum atomic E-state index is 13.2. The van der Waals surface area contributed by atoms with Crippen LogP contribution < -0.4 is 4.90 Å². The number of piperidine rings is 1. The molecule has 1 saturated heterocycles. The molecule has 1 aliphatic heterocycles. The summed E-state index contributed by atoms with van der Waals surface area (Å²) in [7, 11) is 0. The molecule has 0 atom stereocenters. The number of rotatable bonds is 2. The fourth-order valence-corrected chi connectivity index (χ4v) is 2.81. The van der Waals surface area contributed by atoms with Crippen LogP contribution in [0.5, 0.6) is 0 Å². The summed E-state index contributed by atoms with van der Waals surface area (Å²) in [6.45, 7) is 1.75. The largest absolute Gasteiger partial charge is 0.354 e. The van der Waals surface area contributed by atoms with Crippen LogP contribution in [0.15, 0.2) is 42.0 Å². The minimum Gasteiger partial charge on any atom is -0.354 e. The Kier molecular flexibility index (Phi) is 3.45. The predicted molar refractivity (Wildman–Crippen MR) is 84.4 cm³/mol. The SMILES string of the molecule is Fc1cccc(C=C2CCN(c3ccc4nnnn4n3)CC2)c1. The first-order valence-electron chi connectivity index (χ1n) is 7.53. The maximum absolute atomic E-state index is 13.2. The first-order valence-corrected chi connectivity index (χ1v) is 7.53. The zero-order valence-electron chi connectivity index (χ0n) is 12.4. The molecule has 0 aliphatic carbocycles. The number of benzene rings is 1. The molecule has 1 fully saturated rings. The summed E-state index contributed by atoms with van der Waals surface area (Å²) >= 11 is 0. The standard InChI is InChI=1S/C16H15FN6/c17-14-3-1-2-13(11-14)10-12-6-8-22(9-7-12)16-5-4-15-18-20-21-23(15)19-16/h1-5,10-11H,6-9H2. The van der Waals surface area contributed by atoms with Gasteiger partial charge in [0.05, 0.1) is 0 Å². The van der Waals surface area contributed by atoms with Crippen molar-refractivity contribution in [2.24, 2.45) is 0 Å². The zero-order valence-corrected chi connectivity index (χ0v) is 12.4. The minimum absolute atomic E-state index is 0.198. The van der Waals surface area contributed by atoms with Gasteiger partial charge in [0.2, 0.25) is 0 Å². The van der Waals surface area contributed by atoms with Gasteiger partial charge in [0.1, 0.15) is 5.82 Å². The first kappa shape index (κ1) is 13.8. The van der Waals surface area contributed by atoms with Gasteiger partial charge in [-0.3, -0.25) is 0 Å². The second-order valence-corrected chi connectivity index (χ2v) is 5.56. The average Bonchev–Trinajstić information content (AvgIpc) is 3.03. The van der Waals surface area contributed by atoms with Crippen LogP contribution in [0.2, 0.25) is 0 Å². The van der Waals surface area contributed by atoms with Crippen LogP contribution in [0, 0.1) is 5.82 Å². The number of aromatic nitrogens is 5. The molecule has 0 bridgehead atoms. The van der Waals surface area contributed by atoms with Crippen molar-refractivity contribution in [1.29, 1.82) is 0 Å². The van der Waals surface area contributed by atoms with Gasteiger partial charge < -0.3 is 4.90 Å². The quantitative estimate of drug-likeness (QED) is 0.727. The molecule has 0 N–H and O–H groups in total. The van der Waals surface area contributed by atoms with Crippen molar-refractivity contribution in [3.05, 3.63) is 53.4 Å². The number of anilines is 1. The Morgan fingerprint density at radius 2 is 1.96 bits per heavy atom. The second kappa shape index (κ2) is 5.75. The van der Waals surface area contributed by atoms with Crippen molar-refractivity contribution in [3.8, 4) is 0 Å². The third kappa shape index (κ3) is 2.90. The first-order chi connectivity index (χ1) is 11.3. The van der Waals surface area contributed by atoms with Gasteiger partial charge >= 0.3 is 0 Å². The Labute approximate surface area is 132 Å². The highest BCUT2D eigenvalue weighted by Crippen LogP contribution is 2.23. The summed E-state index contributed by atoms with van der Waals surface area (Å²) in [5.74, 6) is 0.672. The summed E-state index contributed by atoms with van der Waals surface area (Å²) in [6.07, 6.45) is 3.95. The van der Waals surface area contributed by atoms with Gasteiger partial charge in [0.15, 0.2) is 11.5 Å². The van der Waals surface area contributed by atoms with Crippen LogP contribution in [0.4, 0.5) is 10.2 Å². The molecule has 116 valence electrons. The number of tetrazole rings is 1. The molecule has 4 rings (SSSR count). The van der Waals surface area contributed by atoms with E-state index in [0.29, 0.717) is 5.65 Å². The summed E-state index contributed by atoms with van der Waals surface area (Å²) in [5, 5.41) is 15.7. The molecule has 2 aromatic heterocycles. The van der Waals surface area contributed by atoms with Gasteiger partial charge in [-0.2, -0.15) is 0 Å². The highest BCUT2D eigenvalue weighted by atomic mass is 19.1. The van der Waals surface area contributed by atoms with Crippen LogP contribution in [0.1, 0.15) is 18.4 Å². The topological polar surface area (TPSA) is 59.2 Å². The second-order valence-electron chi connectivity index (χ2n) is 5.56. The Balaban J connectivity index is 1.48. The van der Waals surface area contributed by atoms with Gasteiger partial charge in [-0.1, -0.05) is 23.8 Å². The zero-order chi connectivity index (χ0) is 15.6. The van der Waals surface area contributed by atoms with Crippen LogP contribution >= 0.6 is 0 Å². The molecule has 0 radical (unpaired) electrons. The van der Waals surface area contributed by atoms with Gasteiger partial charge in [-0.05, 0) is 53.1 Å². The molecule has 3 heterocycles. The van der Waals surface area contributed by atoms with Gasteiger partial charge in [0.25, 0.3) is 0 Å². The lowest BCUT2D eigenvalue weighted by Crippen LogP contribution is -2.31. The molecule has 1 aromatic carbocycles. The van der Waals surface area contributed by atoms with Crippen molar-refractivity contribution >= 4 is 17.5 Å². The van der Waals surface area contributed by atoms with E-state index in [0.717, 1.165) is 37.3 Å². The summed E-state index contributed by atoms with van der Waals surface area (Å²) in [5.41, 5.74) is 2.88. The van der Waals surface area contributed by atoms with Crippen LogP contribution in [0.3, 0.4) is 0 Å². The molecule has 7 heteroatoms. The van der Waals surface area contributed by atoms with E-state index in [-0.39, 0.29) is 5.82 Å². The number of nitrogens with zero attached hydrogens (tertiary/aromatic N) is 6. The monoisotopic (exact) mass is 310 g/mol. The lowest BCUT2D eigenvalue weighted by molar-refractivity contribution is 0.627. The van der Waals surface area contributed by atoms with Gasteiger partial charge in [-0.15, -0.1) is 14.8 Å². The number of hydrogen-bond donors (Lipinski definition) is 0. The predicted octanol–water partition coefficient (Wildman–Crippen LogP) is 2.34. The Bertz CT molecular complexity index is 862. The molecule has 0 amide bonds. The van der Waals surface area contributed by atoms with Crippen molar-refractivity contribution in [2.45, 2.75) is 12.8 Å². The fourth-order valence-electron chi connectivity index (χ4n) is 2.81. The van der Waals surface area contributed by atoms with E-state index < -0.39 is 0 Å². The molecular weight excluding hydrogens is 295 g/mol. The maximum Gasteiger partial charge on any atom is 0.200 e. The summed E-state index contributed by atoms with van der Waals surface area (Å²) in [6, 6.07) is 10.5. The molecular formula is C16H15FN6. The summed E-state index contributed by atoms with van der Waals surface area (Å²) < 4.78 is 14.7. The Morgan fingerprint density at radius 1 is 1.09 bits per heavy atom. The third-order valence-corrected chi connectivity index (χ3v) is 4.00. The van der Waals surface area contributed by atoms with Crippen molar-refractivity contribution in [1.82, 2.24) is 25.3 Å². The third-order valence-electron chi connectivity index (χ3n) is 4.00. The minimum atomic E-state index is -0.198. The molecule has 23 heavy (non-hydrogen) atoms. The smallest absolute Gasteiger partial charge is 0.200 e. The fraction of sp³-hybridized carbons (Fsp3) is 0.250.